The van der Waals surface area contributed by atoms with Crippen molar-refractivity contribution in [2.45, 2.75) is 6.54 Å². The summed E-state index contributed by atoms with van der Waals surface area (Å²) in [5, 5.41) is 4.20. The summed E-state index contributed by atoms with van der Waals surface area (Å²) in [6, 6.07) is 22.3. The molecule has 0 bridgehead atoms. The van der Waals surface area contributed by atoms with Gasteiger partial charge in [0, 0.05) is 18.0 Å². The minimum Gasteiger partial charge on any atom is -0.268 e. The molecule has 0 aliphatic heterocycles. The highest BCUT2D eigenvalue weighted by Gasteiger charge is 2.15. The predicted octanol–water partition coefficient (Wildman–Crippen LogP) is 3.81. The molecule has 0 aliphatic rings. The Labute approximate surface area is 178 Å². The highest BCUT2D eigenvalue weighted by Crippen LogP contribution is 2.24. The average molecular weight is 414 g/mol. The van der Waals surface area contributed by atoms with E-state index in [2.05, 4.69) is 16.0 Å². The summed E-state index contributed by atoms with van der Waals surface area (Å²) < 4.78 is 15.6. The molecule has 4 rings (SSSR count). The minimum absolute atomic E-state index is 0.149. The van der Waals surface area contributed by atoms with E-state index >= 15 is 0 Å². The van der Waals surface area contributed by atoms with Gasteiger partial charge in [-0.1, -0.05) is 54.6 Å². The lowest BCUT2D eigenvalue weighted by Crippen LogP contribution is -2.42. The van der Waals surface area contributed by atoms with E-state index in [0.29, 0.717) is 17.7 Å². The lowest BCUT2D eigenvalue weighted by Gasteiger charge is -2.12. The van der Waals surface area contributed by atoms with Crippen LogP contribution in [0.15, 0.2) is 91.3 Å². The highest BCUT2D eigenvalue weighted by molar-refractivity contribution is 6.03. The lowest BCUT2D eigenvalue weighted by molar-refractivity contribution is 0.0844. The number of rotatable bonds is 5. The van der Waals surface area contributed by atoms with Gasteiger partial charge in [-0.05, 0) is 41.0 Å². The average Bonchev–Trinajstić information content (AvgIpc) is 3.31. The van der Waals surface area contributed by atoms with Crippen LogP contribution in [0, 0.1) is 5.82 Å². The van der Waals surface area contributed by atoms with Crippen LogP contribution >= 0.6 is 0 Å². The molecule has 0 saturated heterocycles. The number of halogens is 1. The van der Waals surface area contributed by atoms with Crippen molar-refractivity contribution in [2.75, 3.05) is 0 Å². The molecule has 2 N–H and O–H groups in total. The fourth-order valence-corrected chi connectivity index (χ4v) is 3.20. The van der Waals surface area contributed by atoms with Gasteiger partial charge in [0.2, 0.25) is 0 Å². The summed E-state index contributed by atoms with van der Waals surface area (Å²) in [4.78, 5) is 24.9. The molecule has 7 heteroatoms. The number of hydrazine groups is 1. The molecule has 3 aromatic carbocycles. The van der Waals surface area contributed by atoms with Crippen molar-refractivity contribution in [3.8, 4) is 11.1 Å². The van der Waals surface area contributed by atoms with Crippen LogP contribution in [-0.4, -0.2) is 21.6 Å². The molecule has 2 amide bonds. The zero-order chi connectivity index (χ0) is 21.6. The van der Waals surface area contributed by atoms with E-state index in [9.17, 15) is 14.0 Å². The van der Waals surface area contributed by atoms with E-state index in [-0.39, 0.29) is 5.56 Å². The Kier molecular flexibility index (Phi) is 5.84. The molecule has 0 spiro atoms. The van der Waals surface area contributed by atoms with Crippen molar-refractivity contribution in [3.63, 3.8) is 0 Å². The van der Waals surface area contributed by atoms with Crippen LogP contribution in [0.4, 0.5) is 4.39 Å². The molecule has 0 atom stereocenters. The number of hydrogen-bond acceptors (Lipinski definition) is 3. The second-order valence-electron chi connectivity index (χ2n) is 6.83. The van der Waals surface area contributed by atoms with Gasteiger partial charge in [0.1, 0.15) is 5.82 Å². The predicted molar refractivity (Wildman–Crippen MR) is 115 cm³/mol. The molecule has 1 aromatic heterocycles. The summed E-state index contributed by atoms with van der Waals surface area (Å²) in [7, 11) is 0. The molecule has 0 unspecified atom stereocenters. The fraction of sp³-hybridized carbons (Fsp3) is 0.0417. The Morgan fingerprint density at radius 3 is 2.13 bits per heavy atom. The van der Waals surface area contributed by atoms with Crippen molar-refractivity contribution >= 4 is 11.8 Å². The zero-order valence-corrected chi connectivity index (χ0v) is 16.5. The standard InChI is InChI=1S/C24H19FN4O2/c25-22-9-4-3-8-21(22)24(31)28-27-23(30)20-7-2-1-6-19(20)18-12-10-17(11-13-18)16-29-15-5-14-26-29/h1-15H,16H2,(H,27,30)(H,28,31). The number of hydrogen-bond donors (Lipinski definition) is 2. The minimum atomic E-state index is -0.730. The van der Waals surface area contributed by atoms with Crippen molar-refractivity contribution < 1.29 is 14.0 Å². The van der Waals surface area contributed by atoms with E-state index in [4.69, 9.17) is 0 Å². The number of nitrogens with zero attached hydrogens (tertiary/aromatic N) is 2. The zero-order valence-electron chi connectivity index (χ0n) is 16.5. The molecule has 4 aromatic rings. The van der Waals surface area contributed by atoms with E-state index in [1.807, 2.05) is 53.3 Å². The monoisotopic (exact) mass is 414 g/mol. The maximum Gasteiger partial charge on any atom is 0.272 e. The quantitative estimate of drug-likeness (QED) is 0.488. The Morgan fingerprint density at radius 1 is 0.806 bits per heavy atom. The van der Waals surface area contributed by atoms with Gasteiger partial charge in [0.25, 0.3) is 11.8 Å². The van der Waals surface area contributed by atoms with Crippen LogP contribution in [0.25, 0.3) is 11.1 Å². The second-order valence-corrected chi connectivity index (χ2v) is 6.83. The smallest absolute Gasteiger partial charge is 0.268 e. The summed E-state index contributed by atoms with van der Waals surface area (Å²) in [6.07, 6.45) is 3.62. The Balaban J connectivity index is 1.48. The third-order valence-corrected chi connectivity index (χ3v) is 4.75. The number of benzene rings is 3. The first-order chi connectivity index (χ1) is 15.1. The SMILES string of the molecule is O=C(NNC(=O)c1ccccc1-c1ccc(Cn2cccn2)cc1)c1ccccc1F. The van der Waals surface area contributed by atoms with Crippen molar-refractivity contribution in [1.82, 2.24) is 20.6 Å². The van der Waals surface area contributed by atoms with Crippen LogP contribution in [0.2, 0.25) is 0 Å². The topological polar surface area (TPSA) is 76.0 Å². The van der Waals surface area contributed by atoms with Crippen LogP contribution in [0.5, 0.6) is 0 Å². The van der Waals surface area contributed by atoms with Gasteiger partial charge in [-0.25, -0.2) is 4.39 Å². The molecule has 31 heavy (non-hydrogen) atoms. The molecule has 0 aliphatic carbocycles. The lowest BCUT2D eigenvalue weighted by atomic mass is 9.98. The number of aromatic nitrogens is 2. The van der Waals surface area contributed by atoms with E-state index < -0.39 is 17.6 Å². The summed E-state index contributed by atoms with van der Waals surface area (Å²) in [5.74, 6) is -1.89. The van der Waals surface area contributed by atoms with Gasteiger partial charge < -0.3 is 0 Å². The number of nitrogens with one attached hydrogen (secondary N) is 2. The highest BCUT2D eigenvalue weighted by atomic mass is 19.1. The Hall–Kier alpha value is -4.26. The van der Waals surface area contributed by atoms with Gasteiger partial charge in [-0.2, -0.15) is 5.10 Å². The maximum atomic E-state index is 13.7. The molecule has 0 saturated carbocycles. The first-order valence-corrected chi connectivity index (χ1v) is 9.63. The van der Waals surface area contributed by atoms with Crippen LogP contribution in [0.3, 0.4) is 0 Å². The van der Waals surface area contributed by atoms with Crippen LogP contribution in [-0.2, 0) is 6.54 Å². The summed E-state index contributed by atoms with van der Waals surface area (Å²) in [6.45, 7) is 0.650. The van der Waals surface area contributed by atoms with E-state index in [1.165, 1.54) is 18.2 Å². The first kappa shape index (κ1) is 20.0. The maximum absolute atomic E-state index is 13.7. The van der Waals surface area contributed by atoms with Gasteiger partial charge in [-0.15, -0.1) is 0 Å². The summed E-state index contributed by atoms with van der Waals surface area (Å²) >= 11 is 0. The molecule has 6 nitrogen and oxygen atoms in total. The molecular formula is C24H19FN4O2. The third kappa shape index (κ3) is 4.67. The van der Waals surface area contributed by atoms with Crippen molar-refractivity contribution in [2.24, 2.45) is 0 Å². The second kappa shape index (κ2) is 9.04. The van der Waals surface area contributed by atoms with E-state index in [0.717, 1.165) is 11.1 Å². The Bertz CT molecular complexity index is 1200. The number of amides is 2. The van der Waals surface area contributed by atoms with Crippen LogP contribution < -0.4 is 10.9 Å². The number of carbonyl (C=O) groups is 2. The van der Waals surface area contributed by atoms with Gasteiger partial charge >= 0.3 is 0 Å². The normalized spacial score (nSPS) is 10.5. The van der Waals surface area contributed by atoms with Gasteiger partial charge in [0.15, 0.2) is 0 Å². The van der Waals surface area contributed by atoms with Gasteiger partial charge in [0.05, 0.1) is 12.1 Å². The third-order valence-electron chi connectivity index (χ3n) is 4.75. The largest absolute Gasteiger partial charge is 0.272 e. The first-order valence-electron chi connectivity index (χ1n) is 9.63. The molecule has 0 fully saturated rings. The number of carbonyl (C=O) groups excluding carboxylic acids is 2. The van der Waals surface area contributed by atoms with Crippen molar-refractivity contribution in [3.05, 3.63) is 114 Å². The molecule has 154 valence electrons. The van der Waals surface area contributed by atoms with Crippen LogP contribution in [0.1, 0.15) is 26.3 Å². The summed E-state index contributed by atoms with van der Waals surface area (Å²) in [5.41, 5.74) is 7.50. The molecule has 0 radical (unpaired) electrons. The van der Waals surface area contributed by atoms with Crippen molar-refractivity contribution in [1.29, 1.82) is 0 Å². The molecule has 1 heterocycles. The Morgan fingerprint density at radius 2 is 1.45 bits per heavy atom. The fourth-order valence-electron chi connectivity index (χ4n) is 3.20. The molecular weight excluding hydrogens is 395 g/mol. The van der Waals surface area contributed by atoms with Gasteiger partial charge in [-0.3, -0.25) is 25.1 Å². The van der Waals surface area contributed by atoms with E-state index in [1.54, 1.807) is 24.4 Å².